The number of hydrogen-bond donors (Lipinski definition) is 0. The number of ether oxygens (including phenoxy) is 1. The molecule has 0 saturated carbocycles. The Labute approximate surface area is 159 Å². The van der Waals surface area contributed by atoms with Crippen molar-refractivity contribution in [2.24, 2.45) is 0 Å². The van der Waals surface area contributed by atoms with Gasteiger partial charge in [-0.15, -0.1) is 0 Å². The largest absolute Gasteiger partial charge is 0.497 e. The molecule has 2 aromatic rings. The lowest BCUT2D eigenvalue weighted by atomic mass is 10.2. The fourth-order valence-electron chi connectivity index (χ4n) is 2.08. The van der Waals surface area contributed by atoms with Crippen molar-refractivity contribution in [1.29, 1.82) is 0 Å². The van der Waals surface area contributed by atoms with E-state index in [1.165, 1.54) is 15.8 Å². The van der Waals surface area contributed by atoms with Gasteiger partial charge in [-0.3, -0.25) is 0 Å². The lowest BCUT2D eigenvalue weighted by molar-refractivity contribution is 0.414. The molecule has 1 fully saturated rings. The third-order valence-corrected chi connectivity index (χ3v) is 39.0. The Kier molecular flexibility index (Phi) is 5.96. The first-order valence-corrected chi connectivity index (χ1v) is 18.1. The lowest BCUT2D eigenvalue weighted by Crippen LogP contribution is -2.02. The third kappa shape index (κ3) is 4.23. The van der Waals surface area contributed by atoms with E-state index in [1.807, 2.05) is 45.5 Å². The van der Waals surface area contributed by atoms with Crippen LogP contribution in [0, 0.1) is 0 Å². The van der Waals surface area contributed by atoms with Crippen LogP contribution in [0.2, 0.25) is 0 Å². The van der Waals surface area contributed by atoms with Gasteiger partial charge in [0, 0.05) is 10.2 Å². The molecule has 1 nitrogen and oxygen atoms in total. The van der Waals surface area contributed by atoms with Crippen molar-refractivity contribution in [3.63, 3.8) is 0 Å². The fourth-order valence-corrected chi connectivity index (χ4v) is 56.4. The molecule has 0 atom stereocenters. The van der Waals surface area contributed by atoms with Crippen LogP contribution < -0.4 is 10.0 Å². The molecule has 0 spiro atoms. The first kappa shape index (κ1) is 18.4. The second kappa shape index (κ2) is 7.45. The van der Waals surface area contributed by atoms with Gasteiger partial charge in [0.25, 0.3) is 0 Å². The molecule has 0 N–H and O–H groups in total. The molecule has 3 rings (SSSR count). The molecule has 8 heteroatoms. The van der Waals surface area contributed by atoms with Crippen LogP contribution in [0.4, 0.5) is 0 Å². The smallest absolute Gasteiger partial charge is 0.125 e. The molecule has 0 amide bonds. The van der Waals surface area contributed by atoms with Gasteiger partial charge in [0.1, 0.15) is 9.39 Å². The highest BCUT2D eigenvalue weighted by atomic mass is 33.8. The van der Waals surface area contributed by atoms with Gasteiger partial charge in [-0.25, -0.2) is 0 Å². The number of benzene rings is 2. The van der Waals surface area contributed by atoms with Crippen molar-refractivity contribution in [3.8, 4) is 5.75 Å². The van der Waals surface area contributed by atoms with E-state index in [1.54, 1.807) is 7.11 Å². The van der Waals surface area contributed by atoms with Crippen molar-refractivity contribution >= 4 is 70.4 Å². The average molecular weight is 435 g/mol. The number of rotatable bonds is 5. The summed E-state index contributed by atoms with van der Waals surface area (Å²) in [4.78, 5) is 1.21. The second-order valence-electron chi connectivity index (χ2n) is 4.89. The summed E-state index contributed by atoms with van der Waals surface area (Å²) >= 11 is 17.5. The van der Waals surface area contributed by atoms with Crippen LogP contribution in [-0.4, -0.2) is 7.11 Å². The Bertz CT molecular complexity index is 775. The third-order valence-electron chi connectivity index (χ3n) is 3.35. The van der Waals surface area contributed by atoms with Gasteiger partial charge in [0.05, 0.1) is 11.6 Å². The summed E-state index contributed by atoms with van der Waals surface area (Å²) in [6.45, 7) is 2.17. The maximum atomic E-state index is 5.95. The van der Waals surface area contributed by atoms with Crippen molar-refractivity contribution in [2.75, 3.05) is 7.11 Å². The monoisotopic (exact) mass is 434 g/mol. The minimum atomic E-state index is -1.58. The normalized spacial score (nSPS) is 26.5. The van der Waals surface area contributed by atoms with E-state index in [-0.39, 0.29) is 0 Å². The van der Waals surface area contributed by atoms with Crippen molar-refractivity contribution in [1.82, 2.24) is 0 Å². The first-order valence-electron chi connectivity index (χ1n) is 7.02. The first-order chi connectivity index (χ1) is 11.0. The summed E-state index contributed by atoms with van der Waals surface area (Å²) < 4.78 is 2.06. The number of aryl methyl sites for hydroxylation is 1. The van der Waals surface area contributed by atoms with Gasteiger partial charge in [-0.2, -0.15) is 0 Å². The Balaban J connectivity index is 1.69. The van der Waals surface area contributed by atoms with Crippen molar-refractivity contribution < 1.29 is 4.74 Å². The van der Waals surface area contributed by atoms with Gasteiger partial charge in [0.15, 0.2) is 0 Å². The van der Waals surface area contributed by atoms with Crippen LogP contribution >= 0.6 is 41.5 Å². The van der Waals surface area contributed by atoms with Crippen molar-refractivity contribution in [2.45, 2.75) is 18.2 Å². The summed E-state index contributed by atoms with van der Waals surface area (Å²) in [5, 5.41) is 1.30. The molecule has 23 heavy (non-hydrogen) atoms. The van der Waals surface area contributed by atoms with Gasteiger partial charge < -0.3 is 4.74 Å². The molecule has 0 radical (unpaired) electrons. The Morgan fingerprint density at radius 2 is 1.61 bits per heavy atom. The zero-order valence-corrected chi connectivity index (χ0v) is 18.5. The van der Waals surface area contributed by atoms with E-state index in [0.29, 0.717) is 0 Å². The molecular formula is C15H16OP2S5. The highest BCUT2D eigenvalue weighted by molar-refractivity contribution is 9.57. The molecular weight excluding hydrogens is 418 g/mol. The fraction of sp³-hybridized carbons (Fsp3) is 0.200. The summed E-state index contributed by atoms with van der Waals surface area (Å²) in [5.41, 5.74) is 1.36. The molecule has 1 saturated heterocycles. The highest BCUT2D eigenvalue weighted by Gasteiger charge is 2.45. The molecule has 1 aliphatic rings. The quantitative estimate of drug-likeness (QED) is 0.481. The van der Waals surface area contributed by atoms with E-state index in [2.05, 4.69) is 43.3 Å². The van der Waals surface area contributed by atoms with E-state index < -0.39 is 8.08 Å². The van der Waals surface area contributed by atoms with Gasteiger partial charge in [-0.05, 0) is 36.2 Å². The summed E-state index contributed by atoms with van der Waals surface area (Å²) in [5.74, 6) is 0.876. The maximum Gasteiger partial charge on any atom is 0.125 e. The predicted octanol–water partition coefficient (Wildman–Crippen LogP) is 6.69. The lowest BCUT2D eigenvalue weighted by Gasteiger charge is -2.39. The molecule has 1 heterocycles. The molecule has 1 aliphatic heterocycles. The van der Waals surface area contributed by atoms with Gasteiger partial charge in [-0.1, -0.05) is 88.2 Å². The van der Waals surface area contributed by atoms with Crippen LogP contribution in [-0.2, 0) is 30.0 Å². The molecule has 0 bridgehead atoms. The zero-order valence-electron chi connectivity index (χ0n) is 12.7. The maximum absolute atomic E-state index is 5.95. The van der Waals surface area contributed by atoms with E-state index in [4.69, 9.17) is 28.4 Å². The number of methoxy groups -OCH3 is 1. The molecule has 0 aromatic heterocycles. The minimum Gasteiger partial charge on any atom is -0.497 e. The summed E-state index contributed by atoms with van der Waals surface area (Å²) in [6.07, 6.45) is 1.06. The Morgan fingerprint density at radius 1 is 1.00 bits per heavy atom. The average Bonchev–Trinajstić information content (AvgIpc) is 2.54. The SMILES string of the molecule is CCc1ccc(P2(=S)SP(=S)(Sc3ccc(OC)cc3)S2)cc1. The van der Waals surface area contributed by atoms with E-state index in [0.717, 1.165) is 12.2 Å². The second-order valence-corrected chi connectivity index (χ2v) is 30.5. The molecule has 0 unspecified atom stereocenters. The van der Waals surface area contributed by atoms with Crippen molar-refractivity contribution in [3.05, 3.63) is 54.1 Å². The minimum absolute atomic E-state index is 0.876. The number of hydrogen-bond acceptors (Lipinski definition) is 6. The van der Waals surface area contributed by atoms with E-state index in [9.17, 15) is 0 Å². The molecule has 122 valence electrons. The van der Waals surface area contributed by atoms with Crippen LogP contribution in [0.5, 0.6) is 5.75 Å². The van der Waals surface area contributed by atoms with E-state index >= 15 is 0 Å². The van der Waals surface area contributed by atoms with Crippen LogP contribution in [0.1, 0.15) is 12.5 Å². The summed E-state index contributed by atoms with van der Waals surface area (Å²) in [7, 11) is 1.68. The van der Waals surface area contributed by atoms with Crippen LogP contribution in [0.25, 0.3) is 0 Å². The summed E-state index contributed by atoms with van der Waals surface area (Å²) in [6, 6.07) is 16.9. The Hall–Kier alpha value is 0.590. The Morgan fingerprint density at radius 3 is 2.13 bits per heavy atom. The molecule has 2 aromatic carbocycles. The molecule has 0 aliphatic carbocycles. The van der Waals surface area contributed by atoms with Gasteiger partial charge >= 0.3 is 0 Å². The van der Waals surface area contributed by atoms with Crippen LogP contribution in [0.15, 0.2) is 53.4 Å². The highest BCUT2D eigenvalue weighted by Crippen LogP contribution is 3.09. The standard InChI is InChI=1S/C15H16OP2S5/c1-3-12-4-8-14(9-5-12)17(19)22-18(20,23-17)21-15-10-6-13(16-2)7-11-15/h4-11H,3H2,1-2H3. The topological polar surface area (TPSA) is 9.23 Å². The predicted molar refractivity (Wildman–Crippen MR) is 118 cm³/mol. The van der Waals surface area contributed by atoms with Crippen LogP contribution in [0.3, 0.4) is 0 Å². The van der Waals surface area contributed by atoms with Gasteiger partial charge in [0.2, 0.25) is 0 Å². The zero-order chi connectivity index (χ0) is 16.5.